The van der Waals surface area contributed by atoms with Gasteiger partial charge in [0.1, 0.15) is 0 Å². The van der Waals surface area contributed by atoms with E-state index in [1.54, 1.807) is 0 Å². The van der Waals surface area contributed by atoms with E-state index in [9.17, 15) is 0 Å². The lowest BCUT2D eigenvalue weighted by Crippen LogP contribution is -2.70. The van der Waals surface area contributed by atoms with Crippen molar-refractivity contribution < 1.29 is 0 Å². The van der Waals surface area contributed by atoms with Crippen LogP contribution in [0.1, 0.15) is 0 Å². The smallest absolute Gasteiger partial charge is 0.280 e. The van der Waals surface area contributed by atoms with E-state index < -0.39 is 5.91 Å². The Bertz CT molecular complexity index is 4140. The van der Waals surface area contributed by atoms with Gasteiger partial charge in [-0.25, -0.2) is 0 Å². The molecular weight excluding hydrogens is 1080 g/mol. The molecule has 0 aliphatic carbocycles. The summed E-state index contributed by atoms with van der Waals surface area (Å²) in [5.74, 6) is -1.32. The molecule has 4 nitrogen and oxygen atoms in total. The summed E-state index contributed by atoms with van der Waals surface area (Å²) in [4.78, 5) is 10.6. The van der Waals surface area contributed by atoms with E-state index >= 15 is 0 Å². The molecule has 0 unspecified atom stereocenters. The second-order valence-corrected chi connectivity index (χ2v) is 22.8. The Morgan fingerprint density at radius 3 is 0.461 bits per heavy atom. The van der Waals surface area contributed by atoms with Crippen LogP contribution < -0.4 is 19.6 Å². The third-order valence-corrected chi connectivity index (χ3v) is 17.7. The molecule has 0 N–H and O–H groups in total. The molecule has 0 bridgehead atoms. The van der Waals surface area contributed by atoms with Crippen molar-refractivity contribution in [1.82, 2.24) is 0 Å². The van der Waals surface area contributed by atoms with Crippen molar-refractivity contribution in [2.24, 2.45) is 0 Å². The number of fused-ring (bicyclic) bond motifs is 2. The van der Waals surface area contributed by atoms with Gasteiger partial charge in [-0.05, 0) is 162 Å². The Morgan fingerprint density at radius 1 is 0.146 bits per heavy atom. The molecule has 0 amide bonds. The Hall–Kier alpha value is -11.7. The lowest BCUT2D eigenvalue weighted by atomic mass is 9.93. The van der Waals surface area contributed by atoms with Crippen molar-refractivity contribution in [2.75, 3.05) is 19.6 Å². The van der Waals surface area contributed by atoms with Crippen LogP contribution in [0.25, 0.3) is 89.0 Å². The van der Waals surface area contributed by atoms with Gasteiger partial charge in [0.15, 0.2) is 0 Å². The fourth-order valence-electron chi connectivity index (χ4n) is 13.5. The molecule has 0 saturated carbocycles. The number of hydrogen-bond acceptors (Lipinski definition) is 4. The number of nitrogens with zero attached hydrogens (tertiary/aromatic N) is 4. The molecule has 14 aromatic carbocycles. The van der Waals surface area contributed by atoms with E-state index in [1.807, 2.05) is 0 Å². The van der Waals surface area contributed by atoms with Crippen LogP contribution in [0.15, 0.2) is 364 Å². The standard InChI is InChI=1S/C85H60N4/c1-9-25-61(26-10-1)65-41-49-73(50-42-65)86-81-57-77(69-33-17-5-18-34-69)78(70-35-19-6-20-36-70)58-82(81)87(74-51-43-66(44-52-74)62-27-11-2-12-28-62)85(86)88(75-53-45-67(46-54-75)63-29-13-3-14-30-63)83-59-79(71-37-21-7-22-38-71)80(72-39-23-8-24-40-72)60-84(83)89(85)76-55-47-68(48-56-76)64-31-15-4-16-32-64/h1-60H. The highest BCUT2D eigenvalue weighted by molar-refractivity contribution is 6.08. The van der Waals surface area contributed by atoms with Crippen molar-refractivity contribution >= 4 is 45.5 Å². The first-order valence-corrected chi connectivity index (χ1v) is 30.6. The molecule has 14 aromatic rings. The number of rotatable bonds is 12. The molecule has 89 heavy (non-hydrogen) atoms. The normalized spacial score (nSPS) is 12.9. The molecule has 2 heterocycles. The Kier molecular flexibility index (Phi) is 13.4. The molecule has 0 saturated heterocycles. The summed E-state index contributed by atoms with van der Waals surface area (Å²) >= 11 is 0. The highest BCUT2D eigenvalue weighted by Crippen LogP contribution is 2.67. The van der Waals surface area contributed by atoms with E-state index in [0.29, 0.717) is 0 Å². The van der Waals surface area contributed by atoms with Crippen LogP contribution in [0.2, 0.25) is 0 Å². The SMILES string of the molecule is c1ccc(-c2ccc(N3c4cc(-c5ccccc5)c(-c5ccccc5)cc4N(c4ccc(-c5ccccc5)cc4)C34N(c3ccc(-c5ccccc5)cc3)c3cc(-c5ccccc5)c(-c5ccccc5)cc3N4c3ccc(-c4ccccc4)cc3)cc2)cc1. The van der Waals surface area contributed by atoms with Crippen LogP contribution >= 0.6 is 0 Å². The molecule has 2 aliphatic heterocycles. The molecule has 420 valence electrons. The largest absolute Gasteiger partial charge is 0.295 e. The van der Waals surface area contributed by atoms with E-state index in [2.05, 4.69) is 384 Å². The quantitative estimate of drug-likeness (QED) is 0.121. The van der Waals surface area contributed by atoms with Crippen LogP contribution in [0, 0.1) is 0 Å². The van der Waals surface area contributed by atoms with Crippen LogP contribution in [0.4, 0.5) is 45.5 Å². The number of anilines is 8. The first-order chi connectivity index (χ1) is 44.2. The minimum absolute atomic E-state index is 1.01. The first-order valence-electron chi connectivity index (χ1n) is 30.6. The van der Waals surface area contributed by atoms with Gasteiger partial charge in [-0.2, -0.15) is 0 Å². The average Bonchev–Trinajstić information content (AvgIpc) is 1.50. The molecule has 4 heteroatoms. The second-order valence-electron chi connectivity index (χ2n) is 22.8. The van der Waals surface area contributed by atoms with Gasteiger partial charge >= 0.3 is 0 Å². The number of benzene rings is 14. The summed E-state index contributed by atoms with van der Waals surface area (Å²) in [5.41, 5.74) is 26.4. The Balaban J connectivity index is 1.08. The summed E-state index contributed by atoms with van der Waals surface area (Å²) in [7, 11) is 0. The van der Waals surface area contributed by atoms with Crippen molar-refractivity contribution in [1.29, 1.82) is 0 Å². The minimum Gasteiger partial charge on any atom is -0.280 e. The summed E-state index contributed by atoms with van der Waals surface area (Å²) < 4.78 is 0. The van der Waals surface area contributed by atoms with Crippen molar-refractivity contribution in [3.63, 3.8) is 0 Å². The molecule has 16 rings (SSSR count). The predicted octanol–water partition coefficient (Wildman–Crippen LogP) is 22.9. The van der Waals surface area contributed by atoms with Crippen LogP contribution in [0.3, 0.4) is 0 Å². The third-order valence-electron chi connectivity index (χ3n) is 17.7. The summed E-state index contributed by atoms with van der Waals surface area (Å²) in [5, 5.41) is 0. The highest BCUT2D eigenvalue weighted by atomic mass is 15.8. The molecule has 0 atom stereocenters. The average molecular weight is 1140 g/mol. The van der Waals surface area contributed by atoms with Gasteiger partial charge in [0, 0.05) is 22.7 Å². The number of hydrogen-bond donors (Lipinski definition) is 0. The van der Waals surface area contributed by atoms with Gasteiger partial charge in [-0.1, -0.05) is 291 Å². The van der Waals surface area contributed by atoms with Crippen LogP contribution in [-0.2, 0) is 0 Å². The first kappa shape index (κ1) is 52.8. The van der Waals surface area contributed by atoms with E-state index in [1.165, 1.54) is 0 Å². The highest BCUT2D eigenvalue weighted by Gasteiger charge is 2.65. The molecule has 0 radical (unpaired) electrons. The zero-order chi connectivity index (χ0) is 59.1. The summed E-state index contributed by atoms with van der Waals surface area (Å²) in [6.07, 6.45) is 0. The summed E-state index contributed by atoms with van der Waals surface area (Å²) in [6.45, 7) is 0. The third kappa shape index (κ3) is 9.34. The molecule has 0 aromatic heterocycles. The van der Waals surface area contributed by atoms with Gasteiger partial charge in [0.05, 0.1) is 22.7 Å². The van der Waals surface area contributed by atoms with Gasteiger partial charge in [0.25, 0.3) is 5.91 Å². The fraction of sp³-hybridized carbons (Fsp3) is 0.0118. The van der Waals surface area contributed by atoms with Gasteiger partial charge in [-0.15, -0.1) is 0 Å². The fourth-order valence-corrected chi connectivity index (χ4v) is 13.5. The minimum atomic E-state index is -1.32. The molecule has 2 aliphatic rings. The second kappa shape index (κ2) is 22.6. The van der Waals surface area contributed by atoms with Gasteiger partial charge in [-0.3, -0.25) is 19.6 Å². The summed E-state index contributed by atoms with van der Waals surface area (Å²) in [6, 6.07) is 134. The molecule has 0 fully saturated rings. The maximum atomic E-state index is 2.64. The lowest BCUT2D eigenvalue weighted by Gasteiger charge is -2.53. The monoisotopic (exact) mass is 1140 g/mol. The maximum absolute atomic E-state index is 2.64. The zero-order valence-corrected chi connectivity index (χ0v) is 48.9. The van der Waals surface area contributed by atoms with E-state index in [-0.39, 0.29) is 0 Å². The van der Waals surface area contributed by atoms with Crippen molar-refractivity contribution in [3.8, 4) is 89.0 Å². The Labute approximate surface area is 521 Å². The zero-order valence-electron chi connectivity index (χ0n) is 48.9. The molecule has 1 spiro atoms. The van der Waals surface area contributed by atoms with E-state index in [0.717, 1.165) is 135 Å². The van der Waals surface area contributed by atoms with Crippen LogP contribution in [0.5, 0.6) is 0 Å². The van der Waals surface area contributed by atoms with Crippen molar-refractivity contribution in [2.45, 2.75) is 5.91 Å². The van der Waals surface area contributed by atoms with Crippen molar-refractivity contribution in [3.05, 3.63) is 364 Å². The van der Waals surface area contributed by atoms with Gasteiger partial charge in [0.2, 0.25) is 0 Å². The molecular formula is C85H60N4. The lowest BCUT2D eigenvalue weighted by molar-refractivity contribution is 0.480. The van der Waals surface area contributed by atoms with Crippen LogP contribution in [-0.4, -0.2) is 5.91 Å². The topological polar surface area (TPSA) is 13.0 Å². The Morgan fingerprint density at radius 2 is 0.292 bits per heavy atom. The van der Waals surface area contributed by atoms with Gasteiger partial charge < -0.3 is 0 Å². The van der Waals surface area contributed by atoms with E-state index in [4.69, 9.17) is 0 Å². The predicted molar refractivity (Wildman–Crippen MR) is 373 cm³/mol. The maximum Gasteiger partial charge on any atom is 0.295 e.